The Morgan fingerprint density at radius 2 is 2.45 bits per heavy atom. The zero-order valence-corrected chi connectivity index (χ0v) is 6.54. The van der Waals surface area contributed by atoms with Gasteiger partial charge in [0, 0.05) is 19.2 Å². The molecular weight excluding hydrogens is 136 g/mol. The van der Waals surface area contributed by atoms with Crippen LogP contribution >= 0.6 is 0 Å². The molecule has 0 saturated heterocycles. The summed E-state index contributed by atoms with van der Waals surface area (Å²) in [4.78, 5) is 0. The summed E-state index contributed by atoms with van der Waals surface area (Å²) in [5.74, 6) is 6.95. The van der Waals surface area contributed by atoms with Gasteiger partial charge in [0.1, 0.15) is 0 Å². The Morgan fingerprint density at radius 1 is 1.64 bits per heavy atom. The molecule has 0 N–H and O–H groups in total. The first-order chi connectivity index (χ1) is 5.34. The second-order valence-electron chi connectivity index (χ2n) is 2.95. The van der Waals surface area contributed by atoms with Gasteiger partial charge in [-0.2, -0.15) is 5.10 Å². The predicted molar refractivity (Wildman–Crippen MR) is 42.8 cm³/mol. The Labute approximate surface area is 66.2 Å². The van der Waals surface area contributed by atoms with Gasteiger partial charge in [0.25, 0.3) is 0 Å². The molecular formula is C9H10N2. The lowest BCUT2D eigenvalue weighted by Crippen LogP contribution is -1.83. The molecule has 0 aromatic carbocycles. The number of hydrogen-bond acceptors (Lipinski definition) is 1. The van der Waals surface area contributed by atoms with Gasteiger partial charge in [0.05, 0.1) is 11.8 Å². The van der Waals surface area contributed by atoms with E-state index in [0.29, 0.717) is 5.92 Å². The highest BCUT2D eigenvalue weighted by Crippen LogP contribution is 2.27. The van der Waals surface area contributed by atoms with E-state index in [1.54, 1.807) is 10.9 Å². The van der Waals surface area contributed by atoms with Crippen LogP contribution in [-0.4, -0.2) is 9.78 Å². The first-order valence-electron chi connectivity index (χ1n) is 3.85. The minimum atomic E-state index is 0.676. The van der Waals surface area contributed by atoms with Crippen molar-refractivity contribution in [1.82, 2.24) is 9.78 Å². The molecule has 1 aromatic heterocycles. The summed E-state index contributed by atoms with van der Waals surface area (Å²) in [6.45, 7) is 0. The van der Waals surface area contributed by atoms with Crippen LogP contribution in [0.5, 0.6) is 0 Å². The molecule has 0 unspecified atom stereocenters. The molecule has 2 rings (SSSR count). The molecule has 1 saturated carbocycles. The second kappa shape index (κ2) is 2.43. The first kappa shape index (κ1) is 6.48. The summed E-state index contributed by atoms with van der Waals surface area (Å²) in [6, 6.07) is 0. The van der Waals surface area contributed by atoms with Crippen molar-refractivity contribution in [2.45, 2.75) is 12.8 Å². The van der Waals surface area contributed by atoms with Crippen LogP contribution < -0.4 is 0 Å². The van der Waals surface area contributed by atoms with Crippen molar-refractivity contribution in [3.05, 3.63) is 18.0 Å². The Kier molecular flexibility index (Phi) is 1.43. The van der Waals surface area contributed by atoms with E-state index in [1.807, 2.05) is 13.2 Å². The molecule has 2 heteroatoms. The summed E-state index contributed by atoms with van der Waals surface area (Å²) in [5, 5.41) is 4.03. The van der Waals surface area contributed by atoms with Crippen LogP contribution in [-0.2, 0) is 7.05 Å². The molecule has 0 bridgehead atoms. The molecule has 1 aromatic rings. The molecule has 0 aliphatic heterocycles. The largest absolute Gasteiger partial charge is 0.275 e. The van der Waals surface area contributed by atoms with Crippen LogP contribution in [0.2, 0.25) is 0 Å². The van der Waals surface area contributed by atoms with Crippen LogP contribution in [0.1, 0.15) is 18.4 Å². The van der Waals surface area contributed by atoms with Gasteiger partial charge in [-0.15, -0.1) is 0 Å². The maximum atomic E-state index is 4.03. The Morgan fingerprint density at radius 3 is 3.00 bits per heavy atom. The lowest BCUT2D eigenvalue weighted by atomic mass is 10.3. The summed E-state index contributed by atoms with van der Waals surface area (Å²) >= 11 is 0. The van der Waals surface area contributed by atoms with Gasteiger partial charge in [-0.3, -0.25) is 4.68 Å². The van der Waals surface area contributed by atoms with Gasteiger partial charge in [0.15, 0.2) is 0 Å². The monoisotopic (exact) mass is 146 g/mol. The lowest BCUT2D eigenvalue weighted by molar-refractivity contribution is 0.767. The molecule has 0 amide bonds. The van der Waals surface area contributed by atoms with Crippen molar-refractivity contribution in [3.63, 3.8) is 0 Å². The van der Waals surface area contributed by atoms with E-state index in [2.05, 4.69) is 16.9 Å². The molecule has 1 heterocycles. The number of aryl methyl sites for hydroxylation is 1. The molecule has 1 fully saturated rings. The maximum Gasteiger partial charge on any atom is 0.0646 e. The predicted octanol–water partition coefficient (Wildman–Crippen LogP) is 1.18. The Balaban J connectivity index is 2.12. The third-order valence-corrected chi connectivity index (χ3v) is 1.70. The Hall–Kier alpha value is -1.23. The molecule has 0 spiro atoms. The van der Waals surface area contributed by atoms with Gasteiger partial charge < -0.3 is 0 Å². The van der Waals surface area contributed by atoms with Gasteiger partial charge in [0.2, 0.25) is 0 Å². The topological polar surface area (TPSA) is 17.8 Å². The molecule has 56 valence electrons. The summed E-state index contributed by atoms with van der Waals surface area (Å²) in [5.41, 5.74) is 1.03. The van der Waals surface area contributed by atoms with Gasteiger partial charge >= 0.3 is 0 Å². The van der Waals surface area contributed by atoms with Crippen molar-refractivity contribution in [2.24, 2.45) is 13.0 Å². The summed E-state index contributed by atoms with van der Waals surface area (Å²) in [6.07, 6.45) is 6.31. The number of nitrogens with zero attached hydrogens (tertiary/aromatic N) is 2. The van der Waals surface area contributed by atoms with E-state index in [0.717, 1.165) is 5.56 Å². The second-order valence-corrected chi connectivity index (χ2v) is 2.95. The van der Waals surface area contributed by atoms with E-state index < -0.39 is 0 Å². The van der Waals surface area contributed by atoms with E-state index in [-0.39, 0.29) is 0 Å². The zero-order valence-electron chi connectivity index (χ0n) is 6.54. The minimum absolute atomic E-state index is 0.676. The third-order valence-electron chi connectivity index (χ3n) is 1.70. The fraction of sp³-hybridized carbons (Fsp3) is 0.444. The highest BCUT2D eigenvalue weighted by molar-refractivity contribution is 5.31. The number of aromatic nitrogens is 2. The van der Waals surface area contributed by atoms with E-state index >= 15 is 0 Å². The van der Waals surface area contributed by atoms with Crippen molar-refractivity contribution < 1.29 is 0 Å². The van der Waals surface area contributed by atoms with Crippen LogP contribution in [0.15, 0.2) is 12.4 Å². The molecule has 11 heavy (non-hydrogen) atoms. The smallest absolute Gasteiger partial charge is 0.0646 e. The van der Waals surface area contributed by atoms with Crippen LogP contribution in [0, 0.1) is 17.8 Å². The number of hydrogen-bond donors (Lipinski definition) is 0. The van der Waals surface area contributed by atoms with E-state index in [4.69, 9.17) is 0 Å². The standard InChI is InChI=1S/C9H10N2/c1-11-7-9(6-10-11)5-4-8-2-3-8/h6-8H,2-3H2,1H3. The van der Waals surface area contributed by atoms with Crippen LogP contribution in [0.3, 0.4) is 0 Å². The third kappa shape index (κ3) is 1.62. The number of rotatable bonds is 0. The average Bonchev–Trinajstić information content (AvgIpc) is 2.72. The SMILES string of the molecule is Cn1cc(C#CC2CC2)cn1. The van der Waals surface area contributed by atoms with E-state index in [9.17, 15) is 0 Å². The fourth-order valence-corrected chi connectivity index (χ4v) is 0.899. The molecule has 2 nitrogen and oxygen atoms in total. The quantitative estimate of drug-likeness (QED) is 0.502. The highest BCUT2D eigenvalue weighted by atomic mass is 15.2. The van der Waals surface area contributed by atoms with E-state index in [1.165, 1.54) is 12.8 Å². The average molecular weight is 146 g/mol. The maximum absolute atomic E-state index is 4.03. The van der Waals surface area contributed by atoms with Crippen molar-refractivity contribution in [2.75, 3.05) is 0 Å². The molecule has 0 radical (unpaired) electrons. The molecule has 1 aliphatic rings. The zero-order chi connectivity index (χ0) is 7.68. The Bertz CT molecular complexity index is 310. The van der Waals surface area contributed by atoms with Crippen molar-refractivity contribution in [1.29, 1.82) is 0 Å². The molecule has 1 aliphatic carbocycles. The van der Waals surface area contributed by atoms with Crippen molar-refractivity contribution >= 4 is 0 Å². The van der Waals surface area contributed by atoms with Crippen LogP contribution in [0.4, 0.5) is 0 Å². The highest BCUT2D eigenvalue weighted by Gasteiger charge is 2.17. The lowest BCUT2D eigenvalue weighted by Gasteiger charge is -1.79. The fourth-order valence-electron chi connectivity index (χ4n) is 0.899. The summed E-state index contributed by atoms with van der Waals surface area (Å²) in [7, 11) is 1.91. The van der Waals surface area contributed by atoms with Crippen molar-refractivity contribution in [3.8, 4) is 11.8 Å². The first-order valence-corrected chi connectivity index (χ1v) is 3.85. The van der Waals surface area contributed by atoms with Gasteiger partial charge in [-0.05, 0) is 12.8 Å². The normalized spacial score (nSPS) is 15.7. The minimum Gasteiger partial charge on any atom is -0.275 e. The molecule has 0 atom stereocenters. The summed E-state index contributed by atoms with van der Waals surface area (Å²) < 4.78 is 1.77. The van der Waals surface area contributed by atoms with Crippen LogP contribution in [0.25, 0.3) is 0 Å². The van der Waals surface area contributed by atoms with Gasteiger partial charge in [-0.25, -0.2) is 0 Å². The van der Waals surface area contributed by atoms with Gasteiger partial charge in [-0.1, -0.05) is 11.8 Å².